The second kappa shape index (κ2) is 13.0. The molecule has 2 aromatic carbocycles. The van der Waals surface area contributed by atoms with Crippen LogP contribution in [0.5, 0.6) is 11.5 Å². The van der Waals surface area contributed by atoms with E-state index in [0.717, 1.165) is 37.7 Å². The molecule has 34 heavy (non-hydrogen) atoms. The number of aromatic hydroxyl groups is 1. The van der Waals surface area contributed by atoms with Gasteiger partial charge in [-0.3, -0.25) is 4.79 Å². The predicted octanol–water partition coefficient (Wildman–Crippen LogP) is 5.69. The zero-order chi connectivity index (χ0) is 24.3. The fourth-order valence-corrected chi connectivity index (χ4v) is 4.47. The number of phenols is 1. The van der Waals surface area contributed by atoms with E-state index in [0.29, 0.717) is 31.4 Å². The summed E-state index contributed by atoms with van der Waals surface area (Å²) in [7, 11) is 1.51. The molecule has 6 nitrogen and oxygen atoms in total. The Morgan fingerprint density at radius 1 is 1.03 bits per heavy atom. The molecule has 0 spiro atoms. The van der Waals surface area contributed by atoms with Gasteiger partial charge in [-0.15, -0.1) is 0 Å². The Balaban J connectivity index is 1.36. The number of carbonyl (C=O) groups excluding carboxylic acids is 1. The third-order valence-electron chi connectivity index (χ3n) is 6.28. The van der Waals surface area contributed by atoms with E-state index in [2.05, 4.69) is 29.4 Å². The van der Waals surface area contributed by atoms with Crippen LogP contribution in [0.15, 0.2) is 48.7 Å². The van der Waals surface area contributed by atoms with Gasteiger partial charge in [-0.05, 0) is 61.4 Å². The number of aliphatic hydroxyl groups excluding tert-OH is 1. The van der Waals surface area contributed by atoms with Crippen LogP contribution in [-0.4, -0.2) is 40.5 Å². The molecule has 6 heteroatoms. The van der Waals surface area contributed by atoms with E-state index in [-0.39, 0.29) is 17.8 Å². The third-order valence-corrected chi connectivity index (χ3v) is 6.28. The second-order valence-corrected chi connectivity index (χ2v) is 8.98. The van der Waals surface area contributed by atoms with Gasteiger partial charge in [0.2, 0.25) is 0 Å². The molecular formula is C28H37NO5. The molecule has 3 N–H and O–H groups in total. The summed E-state index contributed by atoms with van der Waals surface area (Å²) in [6, 6.07) is 13.6. The van der Waals surface area contributed by atoms with Crippen LogP contribution in [0, 0.1) is 0 Å². The number of benzene rings is 2. The number of rotatable bonds is 14. The molecule has 184 valence electrons. The number of hydrogen-bond donors (Lipinski definition) is 3. The number of ether oxygens (including phenoxy) is 2. The lowest BCUT2D eigenvalue weighted by Crippen LogP contribution is -2.23. The quantitative estimate of drug-likeness (QED) is 0.209. The van der Waals surface area contributed by atoms with Gasteiger partial charge in [-0.1, -0.05) is 43.5 Å². The summed E-state index contributed by atoms with van der Waals surface area (Å²) in [4.78, 5) is 14.9. The first kappa shape index (κ1) is 25.6. The van der Waals surface area contributed by atoms with Gasteiger partial charge in [0.1, 0.15) is 6.10 Å². The Morgan fingerprint density at radius 3 is 2.62 bits per heavy atom. The summed E-state index contributed by atoms with van der Waals surface area (Å²) in [6.07, 6.45) is 9.03. The van der Waals surface area contributed by atoms with Crippen molar-refractivity contribution < 1.29 is 24.5 Å². The SMILES string of the molecule is COc1cc(CC[C@H](C[C@@H](O)CCCCCCc2c[nH]c3ccccc23)OC(C)=O)ccc1O. The number of carbonyl (C=O) groups is 1. The number of hydrogen-bond acceptors (Lipinski definition) is 5. The van der Waals surface area contributed by atoms with E-state index in [1.54, 1.807) is 12.1 Å². The van der Waals surface area contributed by atoms with E-state index in [1.165, 1.54) is 30.5 Å². The Kier molecular flexibility index (Phi) is 9.83. The van der Waals surface area contributed by atoms with Crippen molar-refractivity contribution >= 4 is 16.9 Å². The molecule has 3 rings (SSSR count). The summed E-state index contributed by atoms with van der Waals surface area (Å²) in [5.41, 5.74) is 3.54. The van der Waals surface area contributed by atoms with Crippen molar-refractivity contribution in [1.82, 2.24) is 4.98 Å². The molecule has 0 amide bonds. The largest absolute Gasteiger partial charge is 0.504 e. The molecule has 0 bridgehead atoms. The number of aryl methyl sites for hydroxylation is 2. The first-order valence-electron chi connectivity index (χ1n) is 12.2. The minimum absolute atomic E-state index is 0.0969. The molecular weight excluding hydrogens is 430 g/mol. The Labute approximate surface area is 201 Å². The van der Waals surface area contributed by atoms with E-state index in [9.17, 15) is 15.0 Å². The van der Waals surface area contributed by atoms with Crippen molar-refractivity contribution in [2.24, 2.45) is 0 Å². The van der Waals surface area contributed by atoms with Crippen molar-refractivity contribution in [3.8, 4) is 11.5 Å². The minimum Gasteiger partial charge on any atom is -0.504 e. The maximum Gasteiger partial charge on any atom is 0.302 e. The van der Waals surface area contributed by atoms with Gasteiger partial charge in [0.05, 0.1) is 13.2 Å². The number of nitrogens with one attached hydrogen (secondary N) is 1. The van der Waals surface area contributed by atoms with Crippen LogP contribution < -0.4 is 4.74 Å². The Morgan fingerprint density at radius 2 is 1.82 bits per heavy atom. The molecule has 0 aliphatic carbocycles. The van der Waals surface area contributed by atoms with Crippen molar-refractivity contribution in [3.05, 3.63) is 59.8 Å². The molecule has 0 saturated carbocycles. The first-order chi connectivity index (χ1) is 16.5. The molecule has 3 aromatic rings. The first-order valence-corrected chi connectivity index (χ1v) is 12.2. The highest BCUT2D eigenvalue weighted by Crippen LogP contribution is 2.27. The molecule has 0 saturated heterocycles. The number of aromatic amines is 1. The fraction of sp³-hybridized carbons (Fsp3) is 0.464. The number of aromatic nitrogens is 1. The van der Waals surface area contributed by atoms with Gasteiger partial charge in [0, 0.05) is 30.4 Å². The standard InChI is InChI=1S/C28H37NO5/c1-20(30)34-24(15-13-21-14-16-27(32)28(17-21)33-2)18-23(31)10-6-4-3-5-9-22-19-29-26-12-8-7-11-25(22)26/h7-8,11-12,14,16-17,19,23-24,29,31-32H,3-6,9-10,13,15,18H2,1-2H3/t23-,24+/m0/s1. The smallest absolute Gasteiger partial charge is 0.302 e. The van der Waals surface area contributed by atoms with Crippen molar-refractivity contribution in [2.75, 3.05) is 7.11 Å². The van der Waals surface area contributed by atoms with Crippen LogP contribution >= 0.6 is 0 Å². The average molecular weight is 468 g/mol. The molecule has 2 atom stereocenters. The number of phenolic OH excluding ortho intramolecular Hbond substituents is 1. The lowest BCUT2D eigenvalue weighted by Gasteiger charge is -2.20. The third kappa shape index (κ3) is 7.80. The van der Waals surface area contributed by atoms with Crippen LogP contribution in [0.25, 0.3) is 10.9 Å². The van der Waals surface area contributed by atoms with Crippen molar-refractivity contribution in [1.29, 1.82) is 0 Å². The van der Waals surface area contributed by atoms with Crippen molar-refractivity contribution in [3.63, 3.8) is 0 Å². The number of unbranched alkanes of at least 4 members (excludes halogenated alkanes) is 3. The molecule has 0 aliphatic heterocycles. The Hall–Kier alpha value is -2.99. The summed E-state index contributed by atoms with van der Waals surface area (Å²) < 4.78 is 10.6. The average Bonchev–Trinajstić information content (AvgIpc) is 3.23. The van der Waals surface area contributed by atoms with Crippen molar-refractivity contribution in [2.45, 2.75) is 76.9 Å². The second-order valence-electron chi connectivity index (χ2n) is 8.98. The van der Waals surface area contributed by atoms with Crippen LogP contribution in [0.2, 0.25) is 0 Å². The lowest BCUT2D eigenvalue weighted by atomic mass is 9.99. The van der Waals surface area contributed by atoms with Gasteiger partial charge in [0.25, 0.3) is 0 Å². The molecule has 0 fully saturated rings. The van der Waals surface area contributed by atoms with Gasteiger partial charge < -0.3 is 24.7 Å². The number of para-hydroxylation sites is 1. The maximum atomic E-state index is 11.5. The topological polar surface area (TPSA) is 91.8 Å². The number of fused-ring (bicyclic) bond motifs is 1. The molecule has 0 radical (unpaired) electrons. The predicted molar refractivity (Wildman–Crippen MR) is 134 cm³/mol. The highest BCUT2D eigenvalue weighted by atomic mass is 16.5. The van der Waals surface area contributed by atoms with Crippen LogP contribution in [0.1, 0.15) is 63.0 Å². The zero-order valence-corrected chi connectivity index (χ0v) is 20.3. The normalized spacial score (nSPS) is 13.0. The highest BCUT2D eigenvalue weighted by molar-refractivity contribution is 5.83. The van der Waals surface area contributed by atoms with Gasteiger partial charge >= 0.3 is 5.97 Å². The van der Waals surface area contributed by atoms with E-state index in [4.69, 9.17) is 9.47 Å². The molecule has 1 aromatic heterocycles. The monoisotopic (exact) mass is 467 g/mol. The lowest BCUT2D eigenvalue weighted by molar-refractivity contribution is -0.148. The molecule has 0 unspecified atom stereocenters. The summed E-state index contributed by atoms with van der Waals surface area (Å²) in [6.45, 7) is 1.40. The van der Waals surface area contributed by atoms with Gasteiger partial charge in [0.15, 0.2) is 11.5 Å². The minimum atomic E-state index is -0.493. The number of esters is 1. The van der Waals surface area contributed by atoms with Crippen LogP contribution in [-0.2, 0) is 22.4 Å². The van der Waals surface area contributed by atoms with E-state index < -0.39 is 6.10 Å². The highest BCUT2D eigenvalue weighted by Gasteiger charge is 2.18. The molecule has 1 heterocycles. The fourth-order valence-electron chi connectivity index (χ4n) is 4.47. The summed E-state index contributed by atoms with van der Waals surface area (Å²) >= 11 is 0. The summed E-state index contributed by atoms with van der Waals surface area (Å²) in [5, 5.41) is 21.6. The van der Waals surface area contributed by atoms with Gasteiger partial charge in [-0.25, -0.2) is 0 Å². The van der Waals surface area contributed by atoms with E-state index in [1.807, 2.05) is 12.1 Å². The van der Waals surface area contributed by atoms with Gasteiger partial charge in [-0.2, -0.15) is 0 Å². The van der Waals surface area contributed by atoms with E-state index >= 15 is 0 Å². The van der Waals surface area contributed by atoms with Crippen LogP contribution in [0.3, 0.4) is 0 Å². The zero-order valence-electron chi connectivity index (χ0n) is 20.3. The number of H-pyrrole nitrogens is 1. The number of methoxy groups -OCH3 is 1. The maximum absolute atomic E-state index is 11.5. The van der Waals surface area contributed by atoms with Crippen LogP contribution in [0.4, 0.5) is 0 Å². The summed E-state index contributed by atoms with van der Waals surface area (Å²) in [5.74, 6) is 0.184. The molecule has 0 aliphatic rings. The Bertz CT molecular complexity index is 1040. The number of aliphatic hydroxyl groups is 1.